The molecule has 0 amide bonds. The van der Waals surface area contributed by atoms with Crippen molar-refractivity contribution in [3.63, 3.8) is 0 Å². The van der Waals surface area contributed by atoms with Gasteiger partial charge < -0.3 is 9.64 Å². The first-order valence-corrected chi connectivity index (χ1v) is 8.25. The van der Waals surface area contributed by atoms with Crippen molar-refractivity contribution in [3.8, 4) is 5.75 Å². The molecule has 0 aliphatic carbocycles. The van der Waals surface area contributed by atoms with Crippen LogP contribution in [0, 0.1) is 6.92 Å². The Bertz CT molecular complexity index is 1040. The molecule has 0 atom stereocenters. The number of aromatic nitrogens is 3. The largest absolute Gasteiger partial charge is 0.497 e. The number of benzene rings is 2. The lowest BCUT2D eigenvalue weighted by Gasteiger charge is -2.20. The monoisotopic (exact) mass is 332 g/mol. The van der Waals surface area contributed by atoms with Gasteiger partial charge in [-0.15, -0.1) is 0 Å². The van der Waals surface area contributed by atoms with Gasteiger partial charge in [0, 0.05) is 25.0 Å². The van der Waals surface area contributed by atoms with Gasteiger partial charge in [-0.1, -0.05) is 24.3 Å². The van der Waals surface area contributed by atoms with Crippen molar-refractivity contribution in [1.29, 1.82) is 0 Å². The van der Waals surface area contributed by atoms with Crippen LogP contribution in [0.1, 0.15) is 11.3 Å². The summed E-state index contributed by atoms with van der Waals surface area (Å²) in [6.45, 7) is 2.76. The second kappa shape index (κ2) is 6.09. The summed E-state index contributed by atoms with van der Waals surface area (Å²) in [6, 6.07) is 18.4. The van der Waals surface area contributed by atoms with Crippen LogP contribution in [-0.2, 0) is 6.54 Å². The number of ether oxygens (including phenoxy) is 1. The van der Waals surface area contributed by atoms with Gasteiger partial charge in [-0.2, -0.15) is 5.10 Å². The van der Waals surface area contributed by atoms with Gasteiger partial charge in [0.15, 0.2) is 5.65 Å². The zero-order valence-electron chi connectivity index (χ0n) is 14.6. The molecule has 5 nitrogen and oxygen atoms in total. The maximum absolute atomic E-state index is 5.23. The normalized spacial score (nSPS) is 11.2. The van der Waals surface area contributed by atoms with Crippen LogP contribution in [-0.4, -0.2) is 28.8 Å². The summed E-state index contributed by atoms with van der Waals surface area (Å²) in [5.74, 6) is 1.82. The zero-order chi connectivity index (χ0) is 17.4. The smallest absolute Gasteiger partial charge is 0.158 e. The summed E-state index contributed by atoms with van der Waals surface area (Å²) >= 11 is 0. The van der Waals surface area contributed by atoms with Crippen LogP contribution < -0.4 is 9.64 Å². The van der Waals surface area contributed by atoms with Gasteiger partial charge in [0.2, 0.25) is 0 Å². The maximum atomic E-state index is 5.23. The van der Waals surface area contributed by atoms with Gasteiger partial charge in [0.05, 0.1) is 18.3 Å². The number of para-hydroxylation sites is 1. The molecule has 4 rings (SSSR count). The van der Waals surface area contributed by atoms with E-state index >= 15 is 0 Å². The Kier molecular flexibility index (Phi) is 3.76. The molecule has 126 valence electrons. The quantitative estimate of drug-likeness (QED) is 0.569. The highest BCUT2D eigenvalue weighted by atomic mass is 16.5. The molecule has 0 saturated heterocycles. The van der Waals surface area contributed by atoms with Crippen molar-refractivity contribution in [2.24, 2.45) is 0 Å². The molecule has 0 aliphatic rings. The number of methoxy groups -OCH3 is 1. The molecule has 0 fully saturated rings. The van der Waals surface area contributed by atoms with Crippen LogP contribution in [0.4, 0.5) is 5.82 Å². The third-order valence-corrected chi connectivity index (χ3v) is 4.35. The van der Waals surface area contributed by atoms with Crippen molar-refractivity contribution in [2.75, 3.05) is 19.1 Å². The molecule has 0 aliphatic heterocycles. The van der Waals surface area contributed by atoms with E-state index in [2.05, 4.69) is 41.3 Å². The molecule has 25 heavy (non-hydrogen) atoms. The molecule has 4 aromatic rings. The molecule has 2 aromatic carbocycles. The van der Waals surface area contributed by atoms with Gasteiger partial charge in [0.25, 0.3) is 0 Å². The summed E-state index contributed by atoms with van der Waals surface area (Å²) in [4.78, 5) is 7.03. The number of rotatable bonds is 4. The lowest BCUT2D eigenvalue weighted by Crippen LogP contribution is -2.18. The minimum atomic E-state index is 0.768. The Balaban J connectivity index is 1.78. The van der Waals surface area contributed by atoms with Crippen molar-refractivity contribution in [3.05, 3.63) is 65.9 Å². The maximum Gasteiger partial charge on any atom is 0.158 e. The van der Waals surface area contributed by atoms with Crippen molar-refractivity contribution in [1.82, 2.24) is 14.6 Å². The Hall–Kier alpha value is -3.08. The fraction of sp³-hybridized carbons (Fsp3) is 0.200. The molecule has 2 aromatic heterocycles. The highest BCUT2D eigenvalue weighted by Gasteiger charge is 2.13. The predicted octanol–water partition coefficient (Wildman–Crippen LogP) is 3.84. The zero-order valence-corrected chi connectivity index (χ0v) is 14.6. The van der Waals surface area contributed by atoms with E-state index in [0.717, 1.165) is 40.4 Å². The number of fused-ring (bicyclic) bond motifs is 3. The highest BCUT2D eigenvalue weighted by molar-refractivity contribution is 5.91. The molecule has 0 unspecified atom stereocenters. The standard InChI is InChI=1S/C20H20N4O/c1-14-12-19-21-20(17-6-4-5-7-18(17)24(19)22-14)23(2)13-15-8-10-16(25-3)11-9-15/h4-12H,13H2,1-3H3. The van der Waals surface area contributed by atoms with Crippen LogP contribution in [0.3, 0.4) is 0 Å². The lowest BCUT2D eigenvalue weighted by molar-refractivity contribution is 0.414. The number of anilines is 1. The first-order chi connectivity index (χ1) is 12.2. The molecular formula is C20H20N4O. The number of hydrogen-bond donors (Lipinski definition) is 0. The van der Waals surface area contributed by atoms with Crippen molar-refractivity contribution in [2.45, 2.75) is 13.5 Å². The van der Waals surface area contributed by atoms with E-state index < -0.39 is 0 Å². The molecule has 0 N–H and O–H groups in total. The predicted molar refractivity (Wildman–Crippen MR) is 100 cm³/mol. The average Bonchev–Trinajstić information content (AvgIpc) is 3.02. The highest BCUT2D eigenvalue weighted by Crippen LogP contribution is 2.27. The van der Waals surface area contributed by atoms with Crippen LogP contribution >= 0.6 is 0 Å². The number of hydrogen-bond acceptors (Lipinski definition) is 4. The summed E-state index contributed by atoms with van der Waals surface area (Å²) < 4.78 is 7.14. The van der Waals surface area contributed by atoms with Gasteiger partial charge in [-0.05, 0) is 36.8 Å². The van der Waals surface area contributed by atoms with E-state index in [-0.39, 0.29) is 0 Å². The summed E-state index contributed by atoms with van der Waals surface area (Å²) in [5, 5.41) is 5.66. The van der Waals surface area contributed by atoms with Crippen LogP contribution in [0.15, 0.2) is 54.6 Å². The molecular weight excluding hydrogens is 312 g/mol. The summed E-state index contributed by atoms with van der Waals surface area (Å²) in [7, 11) is 3.75. The second-order valence-corrected chi connectivity index (χ2v) is 6.21. The Morgan fingerprint density at radius 1 is 1.08 bits per heavy atom. The van der Waals surface area contributed by atoms with E-state index in [1.54, 1.807) is 7.11 Å². The second-order valence-electron chi connectivity index (χ2n) is 6.21. The third kappa shape index (κ3) is 2.78. The van der Waals surface area contributed by atoms with Crippen LogP contribution in [0.25, 0.3) is 16.6 Å². The van der Waals surface area contributed by atoms with Gasteiger partial charge in [-0.25, -0.2) is 9.50 Å². The molecule has 0 radical (unpaired) electrons. The molecule has 2 heterocycles. The van der Waals surface area contributed by atoms with Crippen LogP contribution in [0.2, 0.25) is 0 Å². The molecule has 0 saturated carbocycles. The summed E-state index contributed by atoms with van der Waals surface area (Å²) in [6.07, 6.45) is 0. The topological polar surface area (TPSA) is 42.7 Å². The Morgan fingerprint density at radius 2 is 1.84 bits per heavy atom. The van der Waals surface area contributed by atoms with Crippen molar-refractivity contribution >= 4 is 22.4 Å². The summed E-state index contributed by atoms with van der Waals surface area (Å²) in [5.41, 5.74) is 4.11. The Morgan fingerprint density at radius 3 is 2.60 bits per heavy atom. The molecule has 5 heteroatoms. The fourth-order valence-electron chi connectivity index (χ4n) is 3.13. The average molecular weight is 332 g/mol. The minimum absolute atomic E-state index is 0.768. The molecule has 0 spiro atoms. The molecule has 0 bridgehead atoms. The third-order valence-electron chi connectivity index (χ3n) is 4.35. The van der Waals surface area contributed by atoms with Gasteiger partial charge in [0.1, 0.15) is 11.6 Å². The fourth-order valence-corrected chi connectivity index (χ4v) is 3.13. The van der Waals surface area contributed by atoms with E-state index in [4.69, 9.17) is 9.72 Å². The lowest BCUT2D eigenvalue weighted by atomic mass is 10.2. The first-order valence-electron chi connectivity index (χ1n) is 8.25. The first kappa shape index (κ1) is 15.4. The van der Waals surface area contributed by atoms with E-state index in [1.807, 2.05) is 41.8 Å². The number of nitrogens with zero attached hydrogens (tertiary/aromatic N) is 4. The Labute approximate surface area is 146 Å². The van der Waals surface area contributed by atoms with Crippen molar-refractivity contribution < 1.29 is 4.74 Å². The van der Waals surface area contributed by atoms with E-state index in [9.17, 15) is 0 Å². The van der Waals surface area contributed by atoms with Crippen LogP contribution in [0.5, 0.6) is 5.75 Å². The number of aryl methyl sites for hydroxylation is 1. The van der Waals surface area contributed by atoms with Gasteiger partial charge in [-0.3, -0.25) is 0 Å². The SMILES string of the molecule is COc1ccc(CN(C)c2nc3cc(C)nn3c3ccccc23)cc1. The van der Waals surface area contributed by atoms with E-state index in [1.165, 1.54) is 5.56 Å². The van der Waals surface area contributed by atoms with E-state index in [0.29, 0.717) is 0 Å². The van der Waals surface area contributed by atoms with Gasteiger partial charge >= 0.3 is 0 Å². The minimum Gasteiger partial charge on any atom is -0.497 e.